The van der Waals surface area contributed by atoms with Gasteiger partial charge in [-0.2, -0.15) is 22.5 Å². The number of hydrogen-bond donors (Lipinski definition) is 1. The molecule has 0 unspecified atom stereocenters. The summed E-state index contributed by atoms with van der Waals surface area (Å²) in [5.41, 5.74) is 0.713. The smallest absolute Gasteiger partial charge is 0.452 e. The first-order valence-corrected chi connectivity index (χ1v) is 5.51. The van der Waals surface area contributed by atoms with Crippen LogP contribution in [-0.4, -0.2) is 14.5 Å². The molecule has 0 aliphatic heterocycles. The normalized spacial score (nSPS) is 11.6. The Morgan fingerprint density at radius 2 is 2.00 bits per heavy atom. The third kappa shape index (κ3) is 2.89. The molecule has 2 aromatic rings. The number of hydrogen-bond acceptors (Lipinski definition) is 5. The fourth-order valence-electron chi connectivity index (χ4n) is 1.25. The third-order valence-corrected chi connectivity index (χ3v) is 2.50. The first-order chi connectivity index (χ1) is 8.34. The predicted molar refractivity (Wildman–Crippen MR) is 57.8 cm³/mol. The van der Waals surface area contributed by atoms with Crippen molar-refractivity contribution in [2.45, 2.75) is 13.1 Å². The van der Waals surface area contributed by atoms with Gasteiger partial charge >= 0.3 is 6.18 Å². The van der Waals surface area contributed by atoms with Crippen molar-refractivity contribution in [3.63, 3.8) is 0 Å². The van der Waals surface area contributed by atoms with Gasteiger partial charge in [-0.15, -0.1) is 0 Å². The maximum absolute atomic E-state index is 12.3. The average molecular weight is 276 g/mol. The van der Waals surface area contributed by atoms with Gasteiger partial charge in [0.2, 0.25) is 0 Å². The fraction of sp³-hybridized carbons (Fsp3) is 0.200. The first kappa shape index (κ1) is 12.6. The van der Waals surface area contributed by atoms with Gasteiger partial charge in [0.05, 0.1) is 0 Å². The lowest BCUT2D eigenvalue weighted by Gasteiger charge is -2.03. The number of alkyl halides is 3. The number of phenolic OH excluding ortho intramolecular Hbond substituents is 1. The lowest BCUT2D eigenvalue weighted by molar-refractivity contribution is -0.144. The van der Waals surface area contributed by atoms with E-state index in [1.54, 1.807) is 13.0 Å². The monoisotopic (exact) mass is 276 g/mol. The predicted octanol–water partition coefficient (Wildman–Crippen LogP) is 3.36. The summed E-state index contributed by atoms with van der Waals surface area (Å²) in [6, 6.07) is 4.34. The molecule has 18 heavy (non-hydrogen) atoms. The molecule has 8 heteroatoms. The van der Waals surface area contributed by atoms with Crippen molar-refractivity contribution in [3.8, 4) is 16.7 Å². The molecule has 0 spiro atoms. The van der Waals surface area contributed by atoms with Crippen molar-refractivity contribution in [2.24, 2.45) is 0 Å². The van der Waals surface area contributed by atoms with Crippen LogP contribution in [0.25, 0.3) is 0 Å². The topological polar surface area (TPSA) is 55.2 Å². The Labute approximate surface area is 104 Å². The van der Waals surface area contributed by atoms with Gasteiger partial charge in [0, 0.05) is 17.6 Å². The number of ether oxygens (including phenoxy) is 1. The zero-order chi connectivity index (χ0) is 13.3. The van der Waals surface area contributed by atoms with Crippen molar-refractivity contribution in [1.82, 2.24) is 9.36 Å². The van der Waals surface area contributed by atoms with Crippen LogP contribution in [0.15, 0.2) is 18.2 Å². The number of aryl methyl sites for hydroxylation is 1. The van der Waals surface area contributed by atoms with Crippen LogP contribution in [-0.2, 0) is 6.18 Å². The molecular formula is C10H7F3N2O2S. The van der Waals surface area contributed by atoms with Gasteiger partial charge in [-0.3, -0.25) is 0 Å². The molecule has 1 N–H and O–H groups in total. The second-order valence-corrected chi connectivity index (χ2v) is 4.20. The minimum absolute atomic E-state index is 0.0365. The summed E-state index contributed by atoms with van der Waals surface area (Å²) in [4.78, 5) is 3.21. The molecule has 0 atom stereocenters. The maximum atomic E-state index is 12.3. The number of halogens is 3. The van der Waals surface area contributed by atoms with Crippen LogP contribution in [0.3, 0.4) is 0 Å². The van der Waals surface area contributed by atoms with Crippen molar-refractivity contribution < 1.29 is 23.0 Å². The summed E-state index contributed by atoms with van der Waals surface area (Å²) in [6.45, 7) is 1.72. The zero-order valence-electron chi connectivity index (χ0n) is 9.02. The van der Waals surface area contributed by atoms with Crippen molar-refractivity contribution >= 4 is 11.5 Å². The molecule has 1 heterocycles. The van der Waals surface area contributed by atoms with Crippen LogP contribution >= 0.6 is 11.5 Å². The number of phenols is 1. The Hall–Kier alpha value is -1.83. The van der Waals surface area contributed by atoms with Crippen LogP contribution in [0.2, 0.25) is 0 Å². The number of aromatic nitrogens is 2. The largest absolute Gasteiger partial charge is 0.508 e. The van der Waals surface area contributed by atoms with E-state index in [1.807, 2.05) is 0 Å². The highest BCUT2D eigenvalue weighted by molar-refractivity contribution is 7.07. The molecule has 0 saturated carbocycles. The highest BCUT2D eigenvalue weighted by atomic mass is 32.1. The SMILES string of the molecule is Cc1cc(O)cc(Oc2nc(C(F)(F)F)ns2)c1. The summed E-state index contributed by atoms with van der Waals surface area (Å²) in [5, 5.41) is 9.08. The molecule has 0 saturated heterocycles. The van der Waals surface area contributed by atoms with Gasteiger partial charge in [-0.1, -0.05) is 0 Å². The van der Waals surface area contributed by atoms with E-state index in [1.165, 1.54) is 12.1 Å². The lowest BCUT2D eigenvalue weighted by Crippen LogP contribution is -2.06. The van der Waals surface area contributed by atoms with Gasteiger partial charge in [0.25, 0.3) is 11.0 Å². The molecule has 0 aliphatic rings. The Morgan fingerprint density at radius 3 is 2.56 bits per heavy atom. The van der Waals surface area contributed by atoms with Crippen LogP contribution in [0, 0.1) is 6.92 Å². The van der Waals surface area contributed by atoms with E-state index in [-0.39, 0.29) is 16.7 Å². The molecule has 0 fully saturated rings. The Morgan fingerprint density at radius 1 is 1.28 bits per heavy atom. The summed E-state index contributed by atoms with van der Waals surface area (Å²) >= 11 is 0.498. The van der Waals surface area contributed by atoms with E-state index in [9.17, 15) is 18.3 Å². The molecule has 96 valence electrons. The van der Waals surface area contributed by atoms with E-state index in [0.717, 1.165) is 0 Å². The van der Waals surface area contributed by atoms with Crippen LogP contribution in [0.1, 0.15) is 11.4 Å². The zero-order valence-corrected chi connectivity index (χ0v) is 9.84. The van der Waals surface area contributed by atoms with E-state index >= 15 is 0 Å². The van der Waals surface area contributed by atoms with E-state index in [2.05, 4.69) is 9.36 Å². The van der Waals surface area contributed by atoms with Gasteiger partial charge in [0.15, 0.2) is 0 Å². The number of rotatable bonds is 2. The highest BCUT2D eigenvalue weighted by Crippen LogP contribution is 2.32. The minimum Gasteiger partial charge on any atom is -0.508 e. The molecule has 1 aromatic heterocycles. The second kappa shape index (κ2) is 4.45. The first-order valence-electron chi connectivity index (χ1n) is 4.74. The number of benzene rings is 1. The number of aromatic hydroxyl groups is 1. The molecule has 0 bridgehead atoms. The standard InChI is InChI=1S/C10H7F3N2O2S/c1-5-2-6(16)4-7(3-5)17-9-14-8(15-18-9)10(11,12)13/h2-4,16H,1H3. The second-order valence-electron chi connectivity index (χ2n) is 3.49. The van der Waals surface area contributed by atoms with Crippen molar-refractivity contribution in [1.29, 1.82) is 0 Å². The lowest BCUT2D eigenvalue weighted by atomic mass is 10.2. The minimum atomic E-state index is -4.59. The van der Waals surface area contributed by atoms with E-state index in [0.29, 0.717) is 17.1 Å². The molecule has 0 radical (unpaired) electrons. The summed E-state index contributed by atoms with van der Waals surface area (Å²) in [5.74, 6) is -1.07. The van der Waals surface area contributed by atoms with Crippen LogP contribution in [0.4, 0.5) is 13.2 Å². The van der Waals surface area contributed by atoms with E-state index < -0.39 is 12.0 Å². The van der Waals surface area contributed by atoms with Crippen molar-refractivity contribution in [2.75, 3.05) is 0 Å². The maximum Gasteiger partial charge on any atom is 0.452 e. The Kier molecular flexibility index (Phi) is 3.12. The Bertz CT molecular complexity index is 548. The van der Waals surface area contributed by atoms with Gasteiger partial charge in [0.1, 0.15) is 11.5 Å². The quantitative estimate of drug-likeness (QED) is 0.913. The van der Waals surface area contributed by atoms with E-state index in [4.69, 9.17) is 4.74 Å². The number of nitrogens with zero attached hydrogens (tertiary/aromatic N) is 2. The summed E-state index contributed by atoms with van der Waals surface area (Å²) in [7, 11) is 0. The van der Waals surface area contributed by atoms with Gasteiger partial charge < -0.3 is 9.84 Å². The average Bonchev–Trinajstić information content (AvgIpc) is 2.63. The van der Waals surface area contributed by atoms with Crippen LogP contribution in [0.5, 0.6) is 16.7 Å². The highest BCUT2D eigenvalue weighted by Gasteiger charge is 2.36. The fourth-order valence-corrected chi connectivity index (χ4v) is 1.82. The van der Waals surface area contributed by atoms with Crippen LogP contribution < -0.4 is 4.74 Å². The van der Waals surface area contributed by atoms with Crippen molar-refractivity contribution in [3.05, 3.63) is 29.6 Å². The Balaban J connectivity index is 2.21. The third-order valence-electron chi connectivity index (χ3n) is 1.90. The molecule has 0 aliphatic carbocycles. The molecule has 0 amide bonds. The summed E-state index contributed by atoms with van der Waals surface area (Å²) < 4.78 is 45.0. The molecule has 4 nitrogen and oxygen atoms in total. The summed E-state index contributed by atoms with van der Waals surface area (Å²) in [6.07, 6.45) is -4.59. The molecular weight excluding hydrogens is 269 g/mol. The molecule has 1 aromatic carbocycles. The molecule has 2 rings (SSSR count). The van der Waals surface area contributed by atoms with Gasteiger partial charge in [-0.05, 0) is 24.6 Å². The van der Waals surface area contributed by atoms with Gasteiger partial charge in [-0.25, -0.2) is 0 Å².